The number of fused-ring (bicyclic) bond motifs is 4. The Morgan fingerprint density at radius 2 is 1.57 bits per heavy atom. The van der Waals surface area contributed by atoms with Crippen LogP contribution in [0, 0.1) is 5.82 Å². The highest BCUT2D eigenvalue weighted by Crippen LogP contribution is 2.29. The van der Waals surface area contributed by atoms with Crippen LogP contribution < -0.4 is 5.56 Å². The summed E-state index contributed by atoms with van der Waals surface area (Å²) in [6, 6.07) is 23.8. The van der Waals surface area contributed by atoms with Crippen molar-refractivity contribution in [2.24, 2.45) is 0 Å². The molecule has 6 rings (SSSR count). The molecule has 6 nitrogen and oxygen atoms in total. The summed E-state index contributed by atoms with van der Waals surface area (Å²) >= 11 is 0. The zero-order valence-corrected chi connectivity index (χ0v) is 19.1. The Labute approximate surface area is 200 Å². The number of halogens is 1. The number of hydrogen-bond donors (Lipinski definition) is 0. The van der Waals surface area contributed by atoms with Crippen LogP contribution in [0.2, 0.25) is 0 Å². The second-order valence-corrected chi connectivity index (χ2v) is 8.47. The van der Waals surface area contributed by atoms with E-state index < -0.39 is 0 Å². The van der Waals surface area contributed by atoms with E-state index in [1.54, 1.807) is 21.3 Å². The molecule has 0 amide bonds. The number of hydrogen-bond acceptors (Lipinski definition) is 4. The van der Waals surface area contributed by atoms with E-state index in [2.05, 4.69) is 12.1 Å². The lowest BCUT2D eigenvalue weighted by atomic mass is 10.1. The Morgan fingerprint density at radius 1 is 0.829 bits per heavy atom. The van der Waals surface area contributed by atoms with Gasteiger partial charge in [0.2, 0.25) is 0 Å². The molecule has 0 bridgehead atoms. The van der Waals surface area contributed by atoms with Crippen LogP contribution >= 0.6 is 0 Å². The standard InChI is InChI=1S/C28H22FN5O/c1-2-23-32-26-24(28(35)33(23)16-15-18-9-4-3-5-10-18)25-27(31-22-14-7-6-13-21(22)30-25)34(26)20-12-8-11-19(29)17-20/h3-14,17H,2,15-16H2,1H3. The average Bonchev–Trinajstić information content (AvgIpc) is 3.20. The first-order valence-electron chi connectivity index (χ1n) is 11.6. The van der Waals surface area contributed by atoms with Gasteiger partial charge < -0.3 is 0 Å². The number of aryl methyl sites for hydroxylation is 2. The van der Waals surface area contributed by atoms with E-state index in [1.807, 2.05) is 49.4 Å². The monoisotopic (exact) mass is 463 g/mol. The van der Waals surface area contributed by atoms with Crippen molar-refractivity contribution in [1.29, 1.82) is 0 Å². The molecule has 3 aromatic heterocycles. The van der Waals surface area contributed by atoms with Crippen LogP contribution in [0.3, 0.4) is 0 Å². The highest BCUT2D eigenvalue weighted by atomic mass is 19.1. The van der Waals surface area contributed by atoms with Crippen molar-refractivity contribution in [3.8, 4) is 5.69 Å². The van der Waals surface area contributed by atoms with Crippen LogP contribution in [0.5, 0.6) is 0 Å². The molecule has 0 radical (unpaired) electrons. The topological polar surface area (TPSA) is 65.6 Å². The summed E-state index contributed by atoms with van der Waals surface area (Å²) < 4.78 is 17.7. The van der Waals surface area contributed by atoms with E-state index in [9.17, 15) is 9.18 Å². The Balaban J connectivity index is 1.67. The van der Waals surface area contributed by atoms with E-state index in [0.717, 1.165) is 5.56 Å². The van der Waals surface area contributed by atoms with E-state index in [0.29, 0.717) is 64.1 Å². The molecule has 3 aromatic carbocycles. The highest BCUT2D eigenvalue weighted by Gasteiger charge is 2.23. The van der Waals surface area contributed by atoms with Crippen LogP contribution in [0.15, 0.2) is 83.7 Å². The Kier molecular flexibility index (Phi) is 5.10. The van der Waals surface area contributed by atoms with E-state index in [4.69, 9.17) is 15.0 Å². The van der Waals surface area contributed by atoms with Gasteiger partial charge in [-0.2, -0.15) is 0 Å². The zero-order valence-electron chi connectivity index (χ0n) is 19.1. The molecule has 172 valence electrons. The summed E-state index contributed by atoms with van der Waals surface area (Å²) in [7, 11) is 0. The van der Waals surface area contributed by atoms with Gasteiger partial charge in [0.25, 0.3) is 5.56 Å². The van der Waals surface area contributed by atoms with Crippen molar-refractivity contribution in [1.82, 2.24) is 24.1 Å². The number of benzene rings is 3. The number of nitrogens with zero attached hydrogens (tertiary/aromatic N) is 5. The van der Waals surface area contributed by atoms with Gasteiger partial charge in [0, 0.05) is 13.0 Å². The number of rotatable bonds is 5. The van der Waals surface area contributed by atoms with E-state index in [1.165, 1.54) is 12.1 Å². The van der Waals surface area contributed by atoms with Gasteiger partial charge in [-0.05, 0) is 42.3 Å². The molecule has 6 aromatic rings. The lowest BCUT2D eigenvalue weighted by Crippen LogP contribution is -2.26. The largest absolute Gasteiger partial charge is 0.296 e. The Bertz CT molecular complexity index is 1770. The SMILES string of the molecule is CCc1nc2c(c(=O)n1CCc1ccccc1)c1nc3ccccc3nc1n2-c1cccc(F)c1. The van der Waals surface area contributed by atoms with Crippen LogP contribution in [0.1, 0.15) is 18.3 Å². The molecule has 0 aliphatic carbocycles. The predicted molar refractivity (Wildman–Crippen MR) is 135 cm³/mol. The van der Waals surface area contributed by atoms with E-state index >= 15 is 0 Å². The maximum atomic E-state index is 14.2. The molecular weight excluding hydrogens is 441 g/mol. The van der Waals surface area contributed by atoms with Gasteiger partial charge in [0.15, 0.2) is 11.3 Å². The predicted octanol–water partition coefficient (Wildman–Crippen LogP) is 5.23. The normalized spacial score (nSPS) is 11.6. The maximum Gasteiger partial charge on any atom is 0.265 e. The van der Waals surface area contributed by atoms with Crippen molar-refractivity contribution >= 4 is 33.2 Å². The number of aromatic nitrogens is 5. The first-order chi connectivity index (χ1) is 17.1. The zero-order chi connectivity index (χ0) is 23.9. The average molecular weight is 464 g/mol. The molecule has 0 saturated carbocycles. The minimum atomic E-state index is -0.377. The summed E-state index contributed by atoms with van der Waals surface area (Å²) in [5, 5.41) is 0.396. The van der Waals surface area contributed by atoms with Crippen LogP contribution in [-0.4, -0.2) is 24.1 Å². The van der Waals surface area contributed by atoms with Crippen LogP contribution in [-0.2, 0) is 19.4 Å². The Hall–Kier alpha value is -4.39. The summed E-state index contributed by atoms with van der Waals surface area (Å²) in [4.78, 5) is 28.5. The molecule has 7 heteroatoms. The highest BCUT2D eigenvalue weighted by molar-refractivity contribution is 6.05. The summed E-state index contributed by atoms with van der Waals surface area (Å²) in [5.74, 6) is 0.293. The lowest BCUT2D eigenvalue weighted by Gasteiger charge is -2.12. The molecule has 0 N–H and O–H groups in total. The fraction of sp³-hybridized carbons (Fsp3) is 0.143. The molecule has 35 heavy (non-hydrogen) atoms. The molecule has 0 fully saturated rings. The third-order valence-corrected chi connectivity index (χ3v) is 6.29. The van der Waals surface area contributed by atoms with Crippen LogP contribution in [0.25, 0.3) is 38.9 Å². The second kappa shape index (κ2) is 8.43. The van der Waals surface area contributed by atoms with Gasteiger partial charge in [-0.1, -0.05) is 55.5 Å². The third-order valence-electron chi connectivity index (χ3n) is 6.29. The summed E-state index contributed by atoms with van der Waals surface area (Å²) in [5.41, 5.74) is 4.31. The lowest BCUT2D eigenvalue weighted by molar-refractivity contribution is 0.620. The second-order valence-electron chi connectivity index (χ2n) is 8.47. The first-order valence-corrected chi connectivity index (χ1v) is 11.6. The fourth-order valence-electron chi connectivity index (χ4n) is 4.62. The quantitative estimate of drug-likeness (QED) is 0.351. The van der Waals surface area contributed by atoms with Crippen molar-refractivity contribution in [3.63, 3.8) is 0 Å². The molecule has 0 aliphatic rings. The van der Waals surface area contributed by atoms with Crippen molar-refractivity contribution < 1.29 is 4.39 Å². The summed E-state index contributed by atoms with van der Waals surface area (Å²) in [6.45, 7) is 2.48. The third kappa shape index (κ3) is 3.56. The maximum absolute atomic E-state index is 14.2. The minimum Gasteiger partial charge on any atom is -0.296 e. The van der Waals surface area contributed by atoms with Gasteiger partial charge >= 0.3 is 0 Å². The fourth-order valence-corrected chi connectivity index (χ4v) is 4.62. The molecule has 0 spiro atoms. The Morgan fingerprint density at radius 3 is 2.31 bits per heavy atom. The molecular formula is C28H22FN5O. The van der Waals surface area contributed by atoms with Gasteiger partial charge in [0.05, 0.1) is 16.7 Å². The van der Waals surface area contributed by atoms with Gasteiger partial charge in [0.1, 0.15) is 22.5 Å². The molecule has 3 heterocycles. The molecule has 0 saturated heterocycles. The minimum absolute atomic E-state index is 0.160. The van der Waals surface area contributed by atoms with Gasteiger partial charge in [-0.3, -0.25) is 13.9 Å². The number of para-hydroxylation sites is 2. The van der Waals surface area contributed by atoms with Crippen LogP contribution in [0.4, 0.5) is 4.39 Å². The molecule has 0 aliphatic heterocycles. The van der Waals surface area contributed by atoms with Crippen molar-refractivity contribution in [3.05, 3.63) is 106 Å². The summed E-state index contributed by atoms with van der Waals surface area (Å²) in [6.07, 6.45) is 1.28. The first kappa shape index (κ1) is 21.2. The van der Waals surface area contributed by atoms with Gasteiger partial charge in [-0.15, -0.1) is 0 Å². The van der Waals surface area contributed by atoms with Gasteiger partial charge in [-0.25, -0.2) is 19.3 Å². The smallest absolute Gasteiger partial charge is 0.265 e. The molecule has 0 atom stereocenters. The van der Waals surface area contributed by atoms with E-state index in [-0.39, 0.29) is 11.4 Å². The van der Waals surface area contributed by atoms with Crippen molar-refractivity contribution in [2.45, 2.75) is 26.3 Å². The van der Waals surface area contributed by atoms with Crippen molar-refractivity contribution in [2.75, 3.05) is 0 Å². The molecule has 0 unspecified atom stereocenters.